The molecule has 0 saturated carbocycles. The summed E-state index contributed by atoms with van der Waals surface area (Å²) < 4.78 is 13.4. The van der Waals surface area contributed by atoms with Gasteiger partial charge in [-0.2, -0.15) is 0 Å². The average Bonchev–Trinajstić information content (AvgIpc) is 2.89. The predicted molar refractivity (Wildman–Crippen MR) is 82.4 cm³/mol. The van der Waals surface area contributed by atoms with Gasteiger partial charge in [0, 0.05) is 17.3 Å². The number of hydrogen-bond acceptors (Lipinski definition) is 2. The zero-order valence-corrected chi connectivity index (χ0v) is 11.6. The minimum absolute atomic E-state index is 0.324. The Bertz CT molecular complexity index is 807. The van der Waals surface area contributed by atoms with E-state index in [1.54, 1.807) is 0 Å². The lowest BCUT2D eigenvalue weighted by molar-refractivity contribution is 0.624. The van der Waals surface area contributed by atoms with Crippen LogP contribution >= 0.6 is 0 Å². The van der Waals surface area contributed by atoms with Gasteiger partial charge in [0.25, 0.3) is 0 Å². The summed E-state index contributed by atoms with van der Waals surface area (Å²) >= 11 is 0. The molecular weight excluding hydrogens is 265 g/mol. The molecule has 2 aromatic heterocycles. The third kappa shape index (κ3) is 2.27. The lowest BCUT2D eigenvalue weighted by atomic mass is 9.91. The molecule has 0 fully saturated rings. The number of halogens is 1. The molecule has 0 aliphatic heterocycles. The van der Waals surface area contributed by atoms with Crippen molar-refractivity contribution in [1.82, 2.24) is 9.97 Å². The SMILES string of the molecule is Fc1cnc2[nH]cc(Nc3ccc4c(c3)CCCC4)c2c1. The van der Waals surface area contributed by atoms with Crippen LogP contribution in [-0.2, 0) is 12.8 Å². The molecule has 3 nitrogen and oxygen atoms in total. The Morgan fingerprint density at radius 2 is 1.95 bits per heavy atom. The summed E-state index contributed by atoms with van der Waals surface area (Å²) in [5, 5.41) is 4.14. The molecule has 0 radical (unpaired) electrons. The first-order valence-electron chi connectivity index (χ1n) is 7.31. The van der Waals surface area contributed by atoms with Crippen molar-refractivity contribution in [2.45, 2.75) is 25.7 Å². The second kappa shape index (κ2) is 4.88. The van der Waals surface area contributed by atoms with Crippen molar-refractivity contribution in [2.24, 2.45) is 0 Å². The number of aromatic amines is 1. The first-order valence-corrected chi connectivity index (χ1v) is 7.31. The fraction of sp³-hybridized carbons (Fsp3) is 0.235. The van der Waals surface area contributed by atoms with Crippen LogP contribution in [0.15, 0.2) is 36.7 Å². The molecule has 4 rings (SSSR count). The van der Waals surface area contributed by atoms with E-state index in [1.165, 1.54) is 42.7 Å². The fourth-order valence-corrected chi connectivity index (χ4v) is 3.05. The molecule has 0 unspecified atom stereocenters. The van der Waals surface area contributed by atoms with E-state index in [9.17, 15) is 4.39 Å². The number of benzene rings is 1. The molecule has 1 aromatic carbocycles. The number of rotatable bonds is 2. The Kier molecular flexibility index (Phi) is 2.88. The topological polar surface area (TPSA) is 40.7 Å². The van der Waals surface area contributed by atoms with Crippen LogP contribution < -0.4 is 5.32 Å². The van der Waals surface area contributed by atoms with Crippen molar-refractivity contribution in [1.29, 1.82) is 0 Å². The van der Waals surface area contributed by atoms with Gasteiger partial charge in [0.1, 0.15) is 11.5 Å². The normalized spacial score (nSPS) is 14.1. The highest BCUT2D eigenvalue weighted by Crippen LogP contribution is 2.29. The number of nitrogens with one attached hydrogen (secondary N) is 2. The molecule has 1 aliphatic rings. The highest BCUT2D eigenvalue weighted by molar-refractivity contribution is 5.91. The van der Waals surface area contributed by atoms with Crippen LogP contribution in [0.25, 0.3) is 11.0 Å². The number of fused-ring (bicyclic) bond motifs is 2. The highest BCUT2D eigenvalue weighted by Gasteiger charge is 2.11. The van der Waals surface area contributed by atoms with Gasteiger partial charge in [-0.25, -0.2) is 9.37 Å². The molecule has 0 spiro atoms. The van der Waals surface area contributed by atoms with Gasteiger partial charge in [0.2, 0.25) is 0 Å². The van der Waals surface area contributed by atoms with Gasteiger partial charge in [-0.15, -0.1) is 0 Å². The largest absolute Gasteiger partial charge is 0.354 e. The summed E-state index contributed by atoms with van der Waals surface area (Å²) in [5.74, 6) is -0.324. The first kappa shape index (κ1) is 12.4. The second-order valence-electron chi connectivity index (χ2n) is 5.57. The van der Waals surface area contributed by atoms with Crippen LogP contribution in [0.1, 0.15) is 24.0 Å². The summed E-state index contributed by atoms with van der Waals surface area (Å²) in [4.78, 5) is 7.10. The summed E-state index contributed by atoms with van der Waals surface area (Å²) in [6, 6.07) is 8.00. The third-order valence-electron chi connectivity index (χ3n) is 4.13. The van der Waals surface area contributed by atoms with Crippen LogP contribution in [-0.4, -0.2) is 9.97 Å². The van der Waals surface area contributed by atoms with Crippen molar-refractivity contribution in [3.8, 4) is 0 Å². The molecule has 4 heteroatoms. The average molecular weight is 281 g/mol. The predicted octanol–water partition coefficient (Wildman–Crippen LogP) is 4.32. The Morgan fingerprint density at radius 3 is 2.86 bits per heavy atom. The number of aryl methyl sites for hydroxylation is 2. The zero-order valence-electron chi connectivity index (χ0n) is 11.6. The molecule has 2 heterocycles. The summed E-state index contributed by atoms with van der Waals surface area (Å²) in [6.07, 6.45) is 7.93. The van der Waals surface area contributed by atoms with Gasteiger partial charge in [-0.1, -0.05) is 6.07 Å². The standard InChI is InChI=1S/C17H16FN3/c18-13-8-15-16(10-20-17(15)19-9-13)21-14-6-5-11-3-1-2-4-12(11)7-14/h5-10,21H,1-4H2,(H,19,20). The van der Waals surface area contributed by atoms with Gasteiger partial charge in [-0.3, -0.25) is 0 Å². The Labute approximate surface area is 122 Å². The molecule has 0 saturated heterocycles. The zero-order chi connectivity index (χ0) is 14.2. The fourth-order valence-electron chi connectivity index (χ4n) is 3.05. The second-order valence-corrected chi connectivity index (χ2v) is 5.57. The van der Waals surface area contributed by atoms with E-state index in [0.29, 0.717) is 5.65 Å². The molecular formula is C17H16FN3. The van der Waals surface area contributed by atoms with Crippen molar-refractivity contribution in [3.05, 3.63) is 53.6 Å². The third-order valence-corrected chi connectivity index (χ3v) is 4.13. The van der Waals surface area contributed by atoms with Crippen LogP contribution in [0.4, 0.5) is 15.8 Å². The maximum Gasteiger partial charge on any atom is 0.142 e. The van der Waals surface area contributed by atoms with Gasteiger partial charge in [0.05, 0.1) is 11.9 Å². The number of anilines is 2. The molecule has 3 aromatic rings. The minimum atomic E-state index is -0.324. The molecule has 0 bridgehead atoms. The Morgan fingerprint density at radius 1 is 1.10 bits per heavy atom. The van der Waals surface area contributed by atoms with Crippen molar-refractivity contribution >= 4 is 22.4 Å². The number of hydrogen-bond donors (Lipinski definition) is 2. The van der Waals surface area contributed by atoms with E-state index in [2.05, 4.69) is 33.5 Å². The van der Waals surface area contributed by atoms with E-state index in [0.717, 1.165) is 23.2 Å². The van der Waals surface area contributed by atoms with Gasteiger partial charge >= 0.3 is 0 Å². The smallest absolute Gasteiger partial charge is 0.142 e. The molecule has 0 atom stereocenters. The van der Waals surface area contributed by atoms with Gasteiger partial charge in [-0.05, 0) is 55.0 Å². The van der Waals surface area contributed by atoms with E-state index < -0.39 is 0 Å². The lowest BCUT2D eigenvalue weighted by Gasteiger charge is -2.17. The van der Waals surface area contributed by atoms with E-state index >= 15 is 0 Å². The molecule has 0 amide bonds. The van der Waals surface area contributed by atoms with Crippen LogP contribution in [0.3, 0.4) is 0 Å². The monoisotopic (exact) mass is 281 g/mol. The van der Waals surface area contributed by atoms with E-state index in [1.807, 2.05) is 6.20 Å². The highest BCUT2D eigenvalue weighted by atomic mass is 19.1. The Hall–Kier alpha value is -2.36. The van der Waals surface area contributed by atoms with E-state index in [4.69, 9.17) is 0 Å². The summed E-state index contributed by atoms with van der Waals surface area (Å²) in [6.45, 7) is 0. The van der Waals surface area contributed by atoms with E-state index in [-0.39, 0.29) is 5.82 Å². The molecule has 21 heavy (non-hydrogen) atoms. The molecule has 2 N–H and O–H groups in total. The van der Waals surface area contributed by atoms with Crippen LogP contribution in [0.2, 0.25) is 0 Å². The molecule has 1 aliphatic carbocycles. The Balaban J connectivity index is 1.69. The number of nitrogens with zero attached hydrogens (tertiary/aromatic N) is 1. The number of aromatic nitrogens is 2. The molecule has 106 valence electrons. The summed E-state index contributed by atoms with van der Waals surface area (Å²) in [7, 11) is 0. The maximum atomic E-state index is 13.4. The minimum Gasteiger partial charge on any atom is -0.354 e. The van der Waals surface area contributed by atoms with Crippen molar-refractivity contribution < 1.29 is 4.39 Å². The number of pyridine rings is 1. The lowest BCUT2D eigenvalue weighted by Crippen LogP contribution is -2.03. The van der Waals surface area contributed by atoms with Crippen LogP contribution in [0.5, 0.6) is 0 Å². The van der Waals surface area contributed by atoms with Gasteiger partial charge in [0.15, 0.2) is 0 Å². The van der Waals surface area contributed by atoms with Gasteiger partial charge < -0.3 is 10.3 Å². The van der Waals surface area contributed by atoms with Crippen molar-refractivity contribution in [2.75, 3.05) is 5.32 Å². The quantitative estimate of drug-likeness (QED) is 0.734. The first-order chi connectivity index (χ1) is 10.3. The summed E-state index contributed by atoms with van der Waals surface area (Å²) in [5.41, 5.74) is 5.47. The maximum absolute atomic E-state index is 13.4. The number of H-pyrrole nitrogens is 1. The van der Waals surface area contributed by atoms with Crippen molar-refractivity contribution in [3.63, 3.8) is 0 Å². The van der Waals surface area contributed by atoms with Crippen LogP contribution in [0, 0.1) is 5.82 Å².